The third-order valence-electron chi connectivity index (χ3n) is 2.27. The van der Waals surface area contributed by atoms with Gasteiger partial charge in [0.1, 0.15) is 6.10 Å². The molecule has 1 amide bonds. The molecule has 1 aromatic rings. The van der Waals surface area contributed by atoms with Crippen LogP contribution in [-0.2, 0) is 14.8 Å². The lowest BCUT2D eigenvalue weighted by molar-refractivity contribution is -0.125. The molecule has 0 saturated heterocycles. The van der Waals surface area contributed by atoms with Crippen LogP contribution in [0.25, 0.3) is 0 Å². The molecule has 0 bridgehead atoms. The molecule has 0 fully saturated rings. The number of nitrogens with one attached hydrogen (secondary N) is 1. The number of aliphatic hydroxyl groups excluding tert-OH is 1. The molecule has 1 atom stereocenters. The summed E-state index contributed by atoms with van der Waals surface area (Å²) in [6, 6.07) is 3.54. The summed E-state index contributed by atoms with van der Waals surface area (Å²) >= 11 is 1.76. The number of hydrogen-bond acceptors (Lipinski definition) is 5. The van der Waals surface area contributed by atoms with Gasteiger partial charge in [0.25, 0.3) is 0 Å². The van der Waals surface area contributed by atoms with Crippen molar-refractivity contribution in [2.75, 3.05) is 6.54 Å². The Bertz CT molecular complexity index is 645. The molecule has 1 aromatic carbocycles. The molecule has 0 aromatic heterocycles. The first kappa shape index (κ1) is 16.8. The summed E-state index contributed by atoms with van der Waals surface area (Å²) in [4.78, 5) is 21.2. The van der Waals surface area contributed by atoms with E-state index in [9.17, 15) is 18.0 Å². The van der Waals surface area contributed by atoms with Gasteiger partial charge in [-0.15, -0.1) is 0 Å². The number of carboxylic acids is 1. The molecule has 0 spiro atoms. The number of hydrogen-bond donors (Lipinski definition) is 4. The van der Waals surface area contributed by atoms with Gasteiger partial charge >= 0.3 is 5.97 Å². The van der Waals surface area contributed by atoms with Gasteiger partial charge in [-0.2, -0.15) is 0 Å². The van der Waals surface area contributed by atoms with E-state index >= 15 is 0 Å². The smallest absolute Gasteiger partial charge is 0.336 e. The van der Waals surface area contributed by atoms with E-state index < -0.39 is 34.5 Å². The number of halogens is 1. The van der Waals surface area contributed by atoms with E-state index in [0.717, 1.165) is 6.07 Å². The maximum absolute atomic E-state index is 11.9. The minimum absolute atomic E-state index is 0.163. The molecule has 8 nitrogen and oxygen atoms in total. The summed E-state index contributed by atoms with van der Waals surface area (Å²) in [7, 11) is -4.05. The van der Waals surface area contributed by atoms with Gasteiger partial charge in [0.05, 0.1) is 10.5 Å². The zero-order valence-corrected chi connectivity index (χ0v) is 12.9. The highest BCUT2D eigenvalue weighted by atomic mass is 127. The Kier molecular flexibility index (Phi) is 5.44. The fraction of sp³-hybridized carbons (Fsp3) is 0.200. The molecule has 5 N–H and O–H groups in total. The van der Waals surface area contributed by atoms with E-state index in [1.807, 2.05) is 4.72 Å². The average Bonchev–Trinajstić information content (AvgIpc) is 2.35. The molecule has 0 aliphatic heterocycles. The number of rotatable bonds is 6. The summed E-state index contributed by atoms with van der Waals surface area (Å²) in [6.45, 7) is -0.591. The summed E-state index contributed by atoms with van der Waals surface area (Å²) in [5.41, 5.74) is 4.62. The maximum atomic E-state index is 11.9. The van der Waals surface area contributed by atoms with Crippen LogP contribution in [0.15, 0.2) is 23.1 Å². The van der Waals surface area contributed by atoms with Crippen molar-refractivity contribution in [3.8, 4) is 0 Å². The Morgan fingerprint density at radius 1 is 1.40 bits per heavy atom. The molecular formula is C10H11IN2O6S. The number of carboxylic acid groups (broad SMARTS) is 1. The standard InChI is InChI=1S/C10H11IN2O6S/c11-7-2-1-5(3-6(7)10(16)17)20(18,19)13-4-8(14)9(12)15/h1-3,8,13-14H,4H2,(H2,12,15)(H,16,17). The average molecular weight is 414 g/mol. The van der Waals surface area contributed by atoms with Crippen molar-refractivity contribution in [2.45, 2.75) is 11.0 Å². The molecule has 20 heavy (non-hydrogen) atoms. The van der Waals surface area contributed by atoms with E-state index in [4.69, 9.17) is 15.9 Å². The predicted octanol–water partition coefficient (Wildman–Crippen LogP) is -0.886. The molecule has 110 valence electrons. The Morgan fingerprint density at radius 3 is 2.50 bits per heavy atom. The zero-order chi connectivity index (χ0) is 15.5. The number of sulfonamides is 1. The minimum Gasteiger partial charge on any atom is -0.478 e. The van der Waals surface area contributed by atoms with Crippen molar-refractivity contribution >= 4 is 44.5 Å². The third kappa shape index (κ3) is 4.13. The van der Waals surface area contributed by atoms with Gasteiger partial charge in [-0.3, -0.25) is 4.79 Å². The van der Waals surface area contributed by atoms with Crippen LogP contribution >= 0.6 is 22.6 Å². The number of nitrogens with two attached hydrogens (primary N) is 1. The third-order valence-corrected chi connectivity index (χ3v) is 4.64. The van der Waals surface area contributed by atoms with Gasteiger partial charge in [-0.1, -0.05) is 0 Å². The van der Waals surface area contributed by atoms with Crippen molar-refractivity contribution in [1.82, 2.24) is 4.72 Å². The van der Waals surface area contributed by atoms with E-state index in [0.29, 0.717) is 3.57 Å². The molecule has 1 rings (SSSR count). The highest BCUT2D eigenvalue weighted by Gasteiger charge is 2.20. The Balaban J connectivity index is 3.01. The van der Waals surface area contributed by atoms with Crippen LogP contribution in [-0.4, -0.2) is 43.2 Å². The quantitative estimate of drug-likeness (QED) is 0.445. The first-order valence-electron chi connectivity index (χ1n) is 5.15. The van der Waals surface area contributed by atoms with Crippen LogP contribution in [0.4, 0.5) is 0 Å². The molecule has 0 aliphatic rings. The first-order valence-corrected chi connectivity index (χ1v) is 7.71. The normalized spacial score (nSPS) is 12.9. The van der Waals surface area contributed by atoms with Crippen molar-refractivity contribution in [1.29, 1.82) is 0 Å². The fourth-order valence-electron chi connectivity index (χ4n) is 1.21. The highest BCUT2D eigenvalue weighted by Crippen LogP contribution is 2.18. The van der Waals surface area contributed by atoms with Gasteiger partial charge in [0, 0.05) is 10.1 Å². The molecular weight excluding hydrogens is 403 g/mol. The summed E-state index contributed by atoms with van der Waals surface area (Å²) < 4.78 is 26.1. The number of carbonyl (C=O) groups excluding carboxylic acids is 1. The van der Waals surface area contributed by atoms with Gasteiger partial charge in [-0.25, -0.2) is 17.9 Å². The maximum Gasteiger partial charge on any atom is 0.336 e. The van der Waals surface area contributed by atoms with Gasteiger partial charge < -0.3 is 15.9 Å². The van der Waals surface area contributed by atoms with E-state index in [-0.39, 0.29) is 10.5 Å². The number of aromatic carboxylic acids is 1. The van der Waals surface area contributed by atoms with E-state index in [1.165, 1.54) is 12.1 Å². The predicted molar refractivity (Wildman–Crippen MR) is 76.5 cm³/mol. The molecule has 0 aliphatic carbocycles. The van der Waals surface area contributed by atoms with Crippen molar-refractivity contribution in [2.24, 2.45) is 5.73 Å². The number of amides is 1. The summed E-state index contributed by atoms with van der Waals surface area (Å²) in [6.07, 6.45) is -1.66. The lowest BCUT2D eigenvalue weighted by Crippen LogP contribution is -2.39. The topological polar surface area (TPSA) is 147 Å². The zero-order valence-electron chi connectivity index (χ0n) is 9.91. The van der Waals surface area contributed by atoms with Crippen LogP contribution in [0.2, 0.25) is 0 Å². The number of carbonyl (C=O) groups is 2. The number of aliphatic hydroxyl groups is 1. The van der Waals surface area contributed by atoms with Crippen molar-refractivity contribution in [3.05, 3.63) is 27.3 Å². The van der Waals surface area contributed by atoms with Crippen molar-refractivity contribution < 1.29 is 28.2 Å². The first-order chi connectivity index (χ1) is 9.15. The SMILES string of the molecule is NC(=O)C(O)CNS(=O)(=O)c1ccc(I)c(C(=O)O)c1. The largest absolute Gasteiger partial charge is 0.478 e. The Labute approximate surface area is 128 Å². The molecule has 0 radical (unpaired) electrons. The second-order valence-corrected chi connectivity index (χ2v) is 6.65. The lowest BCUT2D eigenvalue weighted by Gasteiger charge is -2.10. The summed E-state index contributed by atoms with van der Waals surface area (Å²) in [5, 5.41) is 18.1. The number of benzene rings is 1. The molecule has 10 heteroatoms. The second kappa shape index (κ2) is 6.47. The minimum atomic E-state index is -4.05. The number of primary amides is 1. The van der Waals surface area contributed by atoms with E-state index in [2.05, 4.69) is 0 Å². The Morgan fingerprint density at radius 2 is 2.00 bits per heavy atom. The van der Waals surface area contributed by atoms with Crippen LogP contribution in [0.1, 0.15) is 10.4 Å². The van der Waals surface area contributed by atoms with Crippen LogP contribution in [0, 0.1) is 3.57 Å². The summed E-state index contributed by atoms with van der Waals surface area (Å²) in [5.74, 6) is -2.33. The Hall–Kier alpha value is -1.24. The highest BCUT2D eigenvalue weighted by molar-refractivity contribution is 14.1. The van der Waals surface area contributed by atoms with Gasteiger partial charge in [0.15, 0.2) is 0 Å². The molecule has 1 unspecified atom stereocenters. The fourth-order valence-corrected chi connectivity index (χ4v) is 2.84. The van der Waals surface area contributed by atoms with E-state index in [1.54, 1.807) is 22.6 Å². The molecule has 0 saturated carbocycles. The molecule has 0 heterocycles. The van der Waals surface area contributed by atoms with Gasteiger partial charge in [0.2, 0.25) is 15.9 Å². The second-order valence-electron chi connectivity index (χ2n) is 3.72. The van der Waals surface area contributed by atoms with Crippen molar-refractivity contribution in [3.63, 3.8) is 0 Å². The lowest BCUT2D eigenvalue weighted by atomic mass is 10.2. The van der Waals surface area contributed by atoms with Crippen LogP contribution < -0.4 is 10.5 Å². The van der Waals surface area contributed by atoms with Crippen LogP contribution in [0.3, 0.4) is 0 Å². The van der Waals surface area contributed by atoms with Gasteiger partial charge in [-0.05, 0) is 40.8 Å². The van der Waals surface area contributed by atoms with Crippen LogP contribution in [0.5, 0.6) is 0 Å². The monoisotopic (exact) mass is 414 g/mol.